The molecule has 0 spiro atoms. The van der Waals surface area contributed by atoms with Crippen molar-refractivity contribution in [1.29, 1.82) is 0 Å². The van der Waals surface area contributed by atoms with E-state index in [4.69, 9.17) is 4.74 Å². The fraction of sp³-hybridized carbons (Fsp3) is 0.100. The van der Waals surface area contributed by atoms with Crippen molar-refractivity contribution >= 4 is 37.5 Å². The van der Waals surface area contributed by atoms with E-state index in [1.54, 1.807) is 10.9 Å². The van der Waals surface area contributed by atoms with Crippen LogP contribution in [0.25, 0.3) is 20.7 Å². The van der Waals surface area contributed by atoms with Crippen LogP contribution < -0.4 is 10.3 Å². The second kappa shape index (κ2) is 7.43. The largest absolute Gasteiger partial charge is 0.492 e. The van der Waals surface area contributed by atoms with Gasteiger partial charge in [-0.05, 0) is 35.9 Å². The summed E-state index contributed by atoms with van der Waals surface area (Å²) in [4.78, 5) is 19.0. The molecule has 0 amide bonds. The maximum atomic E-state index is 12.7. The monoisotopic (exact) mass is 426 g/mol. The molecule has 0 aliphatic carbocycles. The highest BCUT2D eigenvalue weighted by Gasteiger charge is 2.10. The fourth-order valence-electron chi connectivity index (χ4n) is 2.66. The number of benzene rings is 2. The first-order valence-corrected chi connectivity index (χ1v) is 9.74. The molecule has 0 saturated carbocycles. The smallest absolute Gasteiger partial charge is 0.262 e. The van der Waals surface area contributed by atoms with Gasteiger partial charge in [0.05, 0.1) is 18.3 Å². The summed E-state index contributed by atoms with van der Waals surface area (Å²) < 4.78 is 8.30. The SMILES string of the molecule is O=c1c2cc(-c3ccccc3)sc2ncn1CCOc1ccc(Br)cc1. The van der Waals surface area contributed by atoms with E-state index in [-0.39, 0.29) is 5.56 Å². The van der Waals surface area contributed by atoms with Gasteiger partial charge in [-0.15, -0.1) is 11.3 Å². The number of ether oxygens (including phenoxy) is 1. The lowest BCUT2D eigenvalue weighted by atomic mass is 10.2. The number of hydrogen-bond donors (Lipinski definition) is 0. The molecule has 2 aromatic heterocycles. The summed E-state index contributed by atoms with van der Waals surface area (Å²) in [5.41, 5.74) is 1.06. The molecule has 6 heteroatoms. The predicted octanol–water partition coefficient (Wildman–Crippen LogP) is 4.97. The van der Waals surface area contributed by atoms with E-state index in [1.807, 2.05) is 60.7 Å². The second-order valence-corrected chi connectivity index (χ2v) is 7.69. The maximum absolute atomic E-state index is 12.7. The summed E-state index contributed by atoms with van der Waals surface area (Å²) in [6.45, 7) is 0.860. The number of thiophene rings is 1. The van der Waals surface area contributed by atoms with Crippen LogP contribution in [-0.2, 0) is 6.54 Å². The Morgan fingerprint density at radius 3 is 2.62 bits per heavy atom. The zero-order valence-corrected chi connectivity index (χ0v) is 16.2. The zero-order valence-electron chi connectivity index (χ0n) is 13.8. The van der Waals surface area contributed by atoms with Gasteiger partial charge in [-0.3, -0.25) is 9.36 Å². The number of nitrogens with zero attached hydrogens (tertiary/aromatic N) is 2. The molecule has 4 nitrogen and oxygen atoms in total. The van der Waals surface area contributed by atoms with E-state index in [0.29, 0.717) is 18.5 Å². The van der Waals surface area contributed by atoms with Gasteiger partial charge >= 0.3 is 0 Å². The number of rotatable bonds is 5. The lowest BCUT2D eigenvalue weighted by molar-refractivity contribution is 0.296. The Kier molecular flexibility index (Phi) is 4.86. The van der Waals surface area contributed by atoms with Crippen molar-refractivity contribution < 1.29 is 4.74 Å². The minimum absolute atomic E-state index is 0.0344. The Labute approximate surface area is 162 Å². The van der Waals surface area contributed by atoms with Crippen molar-refractivity contribution in [2.75, 3.05) is 6.61 Å². The molecule has 2 aromatic carbocycles. The Hall–Kier alpha value is -2.44. The van der Waals surface area contributed by atoms with Crippen molar-refractivity contribution in [3.8, 4) is 16.2 Å². The molecule has 0 radical (unpaired) electrons. The van der Waals surface area contributed by atoms with E-state index < -0.39 is 0 Å². The highest BCUT2D eigenvalue weighted by Crippen LogP contribution is 2.30. The molecule has 130 valence electrons. The van der Waals surface area contributed by atoms with Crippen LogP contribution in [0, 0.1) is 0 Å². The Balaban J connectivity index is 1.54. The molecule has 4 rings (SSSR count). The van der Waals surface area contributed by atoms with Crippen molar-refractivity contribution in [2.45, 2.75) is 6.54 Å². The van der Waals surface area contributed by atoms with Crippen LogP contribution in [0.1, 0.15) is 0 Å². The number of fused-ring (bicyclic) bond motifs is 1. The second-order valence-electron chi connectivity index (χ2n) is 5.74. The molecular formula is C20H15BrN2O2S. The predicted molar refractivity (Wildman–Crippen MR) is 109 cm³/mol. The topological polar surface area (TPSA) is 44.1 Å². The molecule has 4 aromatic rings. The van der Waals surface area contributed by atoms with Gasteiger partial charge in [-0.25, -0.2) is 4.98 Å². The minimum atomic E-state index is -0.0344. The van der Waals surface area contributed by atoms with Crippen molar-refractivity contribution in [3.63, 3.8) is 0 Å². The molecule has 0 N–H and O–H groups in total. The maximum Gasteiger partial charge on any atom is 0.262 e. The first-order valence-electron chi connectivity index (χ1n) is 8.13. The van der Waals surface area contributed by atoms with Crippen LogP contribution in [0.2, 0.25) is 0 Å². The highest BCUT2D eigenvalue weighted by atomic mass is 79.9. The minimum Gasteiger partial charge on any atom is -0.492 e. The normalized spacial score (nSPS) is 11.0. The highest BCUT2D eigenvalue weighted by molar-refractivity contribution is 9.10. The summed E-state index contributed by atoms with van der Waals surface area (Å²) >= 11 is 4.93. The summed E-state index contributed by atoms with van der Waals surface area (Å²) in [6, 6.07) is 19.6. The van der Waals surface area contributed by atoms with E-state index >= 15 is 0 Å². The Bertz CT molecular complexity index is 1090. The van der Waals surface area contributed by atoms with Crippen LogP contribution in [0.3, 0.4) is 0 Å². The van der Waals surface area contributed by atoms with Gasteiger partial charge in [0.2, 0.25) is 0 Å². The lowest BCUT2D eigenvalue weighted by Crippen LogP contribution is -2.23. The summed E-state index contributed by atoms with van der Waals surface area (Å²) in [5.74, 6) is 0.775. The van der Waals surface area contributed by atoms with Crippen LogP contribution in [0.4, 0.5) is 0 Å². The molecule has 0 saturated heterocycles. The third-order valence-electron chi connectivity index (χ3n) is 3.99. The van der Waals surface area contributed by atoms with E-state index in [2.05, 4.69) is 20.9 Å². The average molecular weight is 427 g/mol. The van der Waals surface area contributed by atoms with Gasteiger partial charge in [0.1, 0.15) is 17.2 Å². The Morgan fingerprint density at radius 1 is 1.08 bits per heavy atom. The molecule has 0 aliphatic heterocycles. The third-order valence-corrected chi connectivity index (χ3v) is 5.61. The lowest BCUT2D eigenvalue weighted by Gasteiger charge is -2.08. The molecule has 2 heterocycles. The van der Waals surface area contributed by atoms with Crippen molar-refractivity contribution in [1.82, 2.24) is 9.55 Å². The van der Waals surface area contributed by atoms with Gasteiger partial charge in [0.25, 0.3) is 5.56 Å². The van der Waals surface area contributed by atoms with E-state index in [0.717, 1.165) is 25.5 Å². The summed E-state index contributed by atoms with van der Waals surface area (Å²) in [5, 5.41) is 0.653. The quantitative estimate of drug-likeness (QED) is 0.452. The van der Waals surface area contributed by atoms with Gasteiger partial charge in [-0.2, -0.15) is 0 Å². The van der Waals surface area contributed by atoms with Crippen molar-refractivity contribution in [2.24, 2.45) is 0 Å². The molecule has 0 unspecified atom stereocenters. The van der Waals surface area contributed by atoms with Gasteiger partial charge < -0.3 is 4.74 Å². The summed E-state index contributed by atoms with van der Waals surface area (Å²) in [6.07, 6.45) is 1.60. The average Bonchev–Trinajstić information content (AvgIpc) is 3.11. The summed E-state index contributed by atoms with van der Waals surface area (Å²) in [7, 11) is 0. The van der Waals surface area contributed by atoms with Crippen molar-refractivity contribution in [3.05, 3.63) is 81.8 Å². The van der Waals surface area contributed by atoms with Gasteiger partial charge in [0, 0.05) is 9.35 Å². The van der Waals surface area contributed by atoms with E-state index in [1.165, 1.54) is 11.3 Å². The molecule has 0 fully saturated rings. The number of hydrogen-bond acceptors (Lipinski definition) is 4. The molecular weight excluding hydrogens is 412 g/mol. The third kappa shape index (κ3) is 3.57. The number of halogens is 1. The van der Waals surface area contributed by atoms with Gasteiger partial charge in [0.15, 0.2) is 0 Å². The fourth-order valence-corrected chi connectivity index (χ4v) is 3.92. The number of aromatic nitrogens is 2. The zero-order chi connectivity index (χ0) is 17.9. The van der Waals surface area contributed by atoms with Crippen LogP contribution in [0.15, 0.2) is 76.3 Å². The Morgan fingerprint density at radius 2 is 1.85 bits per heavy atom. The van der Waals surface area contributed by atoms with Crippen LogP contribution >= 0.6 is 27.3 Å². The first-order chi connectivity index (χ1) is 12.7. The molecule has 0 aliphatic rings. The molecule has 0 bridgehead atoms. The first kappa shape index (κ1) is 17.0. The molecule has 26 heavy (non-hydrogen) atoms. The van der Waals surface area contributed by atoms with Crippen LogP contribution in [-0.4, -0.2) is 16.2 Å². The van der Waals surface area contributed by atoms with E-state index in [9.17, 15) is 4.79 Å². The standard InChI is InChI=1S/C20H15BrN2O2S/c21-15-6-8-16(9-7-15)25-11-10-23-13-22-19-17(20(23)24)12-18(26-19)14-4-2-1-3-5-14/h1-9,12-13H,10-11H2. The van der Waals surface area contributed by atoms with Gasteiger partial charge in [-0.1, -0.05) is 46.3 Å². The molecule has 0 atom stereocenters. The van der Waals surface area contributed by atoms with Crippen LogP contribution in [0.5, 0.6) is 5.75 Å².